The van der Waals surface area contributed by atoms with E-state index < -0.39 is 17.9 Å². The average molecular weight is 264 g/mol. The molecular weight excluding hydrogens is 248 g/mol. The largest absolute Gasteiger partial charge is 0.469 e. The van der Waals surface area contributed by atoms with Crippen molar-refractivity contribution in [1.29, 1.82) is 0 Å². The minimum Gasteiger partial charge on any atom is -0.469 e. The van der Waals surface area contributed by atoms with Gasteiger partial charge >= 0.3 is 11.9 Å². The van der Waals surface area contributed by atoms with Gasteiger partial charge in [-0.15, -0.1) is 0 Å². The summed E-state index contributed by atoms with van der Waals surface area (Å²) >= 11 is 0. The number of carbonyl (C=O) groups is 3. The molecule has 0 heterocycles. The van der Waals surface area contributed by atoms with Crippen LogP contribution in [0, 0.1) is 5.92 Å². The van der Waals surface area contributed by atoms with Crippen LogP contribution >= 0.6 is 0 Å². The Kier molecular flexibility index (Phi) is 5.73. The van der Waals surface area contributed by atoms with Crippen molar-refractivity contribution in [2.45, 2.75) is 12.8 Å². The van der Waals surface area contributed by atoms with Crippen molar-refractivity contribution in [1.82, 2.24) is 0 Å². The van der Waals surface area contributed by atoms with Gasteiger partial charge in [0.1, 0.15) is 0 Å². The lowest BCUT2D eigenvalue weighted by atomic mass is 9.95. The molecule has 5 heteroatoms. The van der Waals surface area contributed by atoms with E-state index in [1.807, 2.05) is 0 Å². The van der Waals surface area contributed by atoms with Gasteiger partial charge in [-0.3, -0.25) is 14.4 Å². The fourth-order valence-corrected chi connectivity index (χ4v) is 1.66. The summed E-state index contributed by atoms with van der Waals surface area (Å²) in [5.74, 6) is -2.16. The van der Waals surface area contributed by atoms with Crippen molar-refractivity contribution >= 4 is 17.7 Å². The third-order valence-corrected chi connectivity index (χ3v) is 2.70. The molecule has 0 fully saturated rings. The highest BCUT2D eigenvalue weighted by Crippen LogP contribution is 2.16. The molecule has 0 radical (unpaired) electrons. The van der Waals surface area contributed by atoms with Crippen LogP contribution in [-0.4, -0.2) is 31.9 Å². The Morgan fingerprint density at radius 3 is 2.16 bits per heavy atom. The Morgan fingerprint density at radius 2 is 1.63 bits per heavy atom. The summed E-state index contributed by atoms with van der Waals surface area (Å²) in [6.07, 6.45) is -0.243. The number of hydrogen-bond acceptors (Lipinski definition) is 5. The van der Waals surface area contributed by atoms with Crippen molar-refractivity contribution in [2.24, 2.45) is 5.92 Å². The second-order valence-electron chi connectivity index (χ2n) is 3.99. The number of Topliss-reactive ketones (excluding diaryl/α,β-unsaturated/α-hetero) is 1. The number of benzene rings is 1. The Labute approximate surface area is 111 Å². The Morgan fingerprint density at radius 1 is 1.00 bits per heavy atom. The van der Waals surface area contributed by atoms with Crippen LogP contribution in [0.1, 0.15) is 23.2 Å². The summed E-state index contributed by atoms with van der Waals surface area (Å²) < 4.78 is 9.10. The molecule has 5 nitrogen and oxygen atoms in total. The lowest BCUT2D eigenvalue weighted by Gasteiger charge is -2.12. The molecule has 1 rings (SSSR count). The van der Waals surface area contributed by atoms with Crippen LogP contribution in [0.3, 0.4) is 0 Å². The molecule has 19 heavy (non-hydrogen) atoms. The van der Waals surface area contributed by atoms with E-state index in [1.54, 1.807) is 30.3 Å². The van der Waals surface area contributed by atoms with Crippen LogP contribution in [0.5, 0.6) is 0 Å². The molecule has 0 unspecified atom stereocenters. The van der Waals surface area contributed by atoms with Gasteiger partial charge in [-0.05, 0) is 0 Å². The molecule has 102 valence electrons. The second-order valence-corrected chi connectivity index (χ2v) is 3.99. The van der Waals surface area contributed by atoms with Gasteiger partial charge in [-0.2, -0.15) is 0 Å². The minimum absolute atomic E-state index is 0.0776. The molecule has 1 aromatic carbocycles. The van der Waals surface area contributed by atoms with E-state index in [1.165, 1.54) is 14.2 Å². The summed E-state index contributed by atoms with van der Waals surface area (Å²) in [6, 6.07) is 8.59. The maximum atomic E-state index is 12.0. The van der Waals surface area contributed by atoms with Crippen molar-refractivity contribution < 1.29 is 23.9 Å². The average Bonchev–Trinajstić information content (AvgIpc) is 2.46. The molecule has 0 aromatic heterocycles. The zero-order chi connectivity index (χ0) is 14.3. The predicted molar refractivity (Wildman–Crippen MR) is 67.5 cm³/mol. The predicted octanol–water partition coefficient (Wildman–Crippen LogP) is 1.61. The normalized spacial score (nSPS) is 11.5. The first-order valence-electron chi connectivity index (χ1n) is 5.81. The zero-order valence-corrected chi connectivity index (χ0v) is 10.9. The molecule has 0 saturated carbocycles. The molecule has 0 N–H and O–H groups in total. The van der Waals surface area contributed by atoms with Crippen molar-refractivity contribution in [2.75, 3.05) is 14.2 Å². The first-order valence-corrected chi connectivity index (χ1v) is 5.81. The smallest absolute Gasteiger partial charge is 0.309 e. The van der Waals surface area contributed by atoms with Gasteiger partial charge in [0.15, 0.2) is 5.78 Å². The second kappa shape index (κ2) is 7.31. The lowest BCUT2D eigenvalue weighted by molar-refractivity contribution is -0.151. The highest BCUT2D eigenvalue weighted by atomic mass is 16.5. The molecule has 1 atom stereocenters. The van der Waals surface area contributed by atoms with Crippen LogP contribution in [0.15, 0.2) is 30.3 Å². The van der Waals surface area contributed by atoms with Crippen LogP contribution in [0.25, 0.3) is 0 Å². The molecule has 0 aliphatic rings. The van der Waals surface area contributed by atoms with Crippen molar-refractivity contribution in [3.05, 3.63) is 35.9 Å². The highest BCUT2D eigenvalue weighted by Gasteiger charge is 2.26. The molecule has 1 aromatic rings. The minimum atomic E-state index is -0.815. The molecule has 0 spiro atoms. The highest BCUT2D eigenvalue weighted by molar-refractivity contribution is 5.98. The summed E-state index contributed by atoms with van der Waals surface area (Å²) in [7, 11) is 2.45. The van der Waals surface area contributed by atoms with Gasteiger partial charge in [-0.25, -0.2) is 0 Å². The number of methoxy groups -OCH3 is 2. The van der Waals surface area contributed by atoms with Gasteiger partial charge in [0.05, 0.1) is 26.6 Å². The summed E-state index contributed by atoms with van der Waals surface area (Å²) in [6.45, 7) is 0. The van der Waals surface area contributed by atoms with Crippen LogP contribution < -0.4 is 0 Å². The molecule has 0 amide bonds. The van der Waals surface area contributed by atoms with Gasteiger partial charge in [0.2, 0.25) is 0 Å². The van der Waals surface area contributed by atoms with Crippen molar-refractivity contribution in [3.63, 3.8) is 0 Å². The van der Waals surface area contributed by atoms with Crippen LogP contribution in [-0.2, 0) is 19.1 Å². The molecular formula is C14H16O5. The summed E-state index contributed by atoms with van der Waals surface area (Å²) in [5, 5.41) is 0. The number of carbonyl (C=O) groups excluding carboxylic acids is 3. The zero-order valence-electron chi connectivity index (χ0n) is 10.9. The first-order chi connectivity index (χ1) is 9.08. The number of rotatable bonds is 6. The maximum Gasteiger partial charge on any atom is 0.309 e. The summed E-state index contributed by atoms with van der Waals surface area (Å²) in [4.78, 5) is 34.8. The van der Waals surface area contributed by atoms with Crippen molar-refractivity contribution in [3.8, 4) is 0 Å². The summed E-state index contributed by atoms with van der Waals surface area (Å²) in [5.41, 5.74) is 0.501. The SMILES string of the molecule is COC(=O)C[C@H](CC(=O)c1ccccc1)C(=O)OC. The number of ether oxygens (including phenoxy) is 2. The fraction of sp³-hybridized carbons (Fsp3) is 0.357. The first kappa shape index (κ1) is 14.9. The van der Waals surface area contributed by atoms with E-state index in [0.29, 0.717) is 5.56 Å². The quantitative estimate of drug-likeness (QED) is 0.576. The van der Waals surface area contributed by atoms with Crippen LogP contribution in [0.2, 0.25) is 0 Å². The molecule has 0 aliphatic carbocycles. The Bertz CT molecular complexity index is 452. The van der Waals surface area contributed by atoms with E-state index in [0.717, 1.165) is 0 Å². The van der Waals surface area contributed by atoms with E-state index in [9.17, 15) is 14.4 Å². The van der Waals surface area contributed by atoms with Crippen LogP contribution in [0.4, 0.5) is 0 Å². The standard InChI is InChI=1S/C14H16O5/c1-18-13(16)9-11(14(17)19-2)8-12(15)10-6-4-3-5-7-10/h3-7,11H,8-9H2,1-2H3/t11-/m0/s1. The maximum absolute atomic E-state index is 12.0. The van der Waals surface area contributed by atoms with E-state index in [2.05, 4.69) is 9.47 Å². The van der Waals surface area contributed by atoms with E-state index in [-0.39, 0.29) is 18.6 Å². The Hall–Kier alpha value is -2.17. The third kappa shape index (κ3) is 4.54. The van der Waals surface area contributed by atoms with Gasteiger partial charge in [0.25, 0.3) is 0 Å². The Balaban J connectivity index is 2.74. The van der Waals surface area contributed by atoms with Gasteiger partial charge in [-0.1, -0.05) is 30.3 Å². The molecule has 0 saturated heterocycles. The molecule has 0 bridgehead atoms. The number of hydrogen-bond donors (Lipinski definition) is 0. The van der Waals surface area contributed by atoms with E-state index >= 15 is 0 Å². The monoisotopic (exact) mass is 264 g/mol. The molecule has 0 aliphatic heterocycles. The van der Waals surface area contributed by atoms with E-state index in [4.69, 9.17) is 0 Å². The third-order valence-electron chi connectivity index (χ3n) is 2.70. The topological polar surface area (TPSA) is 69.7 Å². The lowest BCUT2D eigenvalue weighted by Crippen LogP contribution is -2.23. The number of ketones is 1. The van der Waals surface area contributed by atoms with Gasteiger partial charge in [0, 0.05) is 12.0 Å². The fourth-order valence-electron chi connectivity index (χ4n) is 1.66. The number of esters is 2. The van der Waals surface area contributed by atoms with Gasteiger partial charge < -0.3 is 9.47 Å².